The van der Waals surface area contributed by atoms with Crippen molar-refractivity contribution >= 4 is 31.6 Å². The number of amides is 1. The summed E-state index contributed by atoms with van der Waals surface area (Å²) in [4.78, 5) is 12.6. The predicted molar refractivity (Wildman–Crippen MR) is 140 cm³/mol. The quantitative estimate of drug-likeness (QED) is 0.397. The van der Waals surface area contributed by atoms with Gasteiger partial charge in [0.15, 0.2) is 0 Å². The lowest BCUT2D eigenvalue weighted by molar-refractivity contribution is -0.116. The van der Waals surface area contributed by atoms with Crippen LogP contribution in [0, 0.1) is 5.92 Å². The van der Waals surface area contributed by atoms with Crippen molar-refractivity contribution in [3.05, 3.63) is 78.8 Å². The lowest BCUT2D eigenvalue weighted by atomic mass is 9.87. The van der Waals surface area contributed by atoms with Gasteiger partial charge in [0.05, 0.1) is 29.1 Å². The molecule has 4 rings (SSSR count). The molecule has 3 aromatic rings. The number of carbonyl (C=O) groups excluding carboxylic acids is 1. The Morgan fingerprint density at radius 2 is 1.59 bits per heavy atom. The molecular weight excluding hydrogens is 514 g/mol. The van der Waals surface area contributed by atoms with Crippen LogP contribution in [-0.4, -0.2) is 39.6 Å². The van der Waals surface area contributed by atoms with E-state index in [0.29, 0.717) is 11.4 Å². The number of hydrogen-bond acceptors (Lipinski definition) is 6. The van der Waals surface area contributed by atoms with Gasteiger partial charge in [-0.2, -0.15) is 4.31 Å². The van der Waals surface area contributed by atoms with E-state index in [0.717, 1.165) is 30.0 Å². The Kier molecular flexibility index (Phi) is 8.48. The number of benzene rings is 2. The average Bonchev–Trinajstić information content (AvgIpc) is 3.39. The Hall–Kier alpha value is -2.99. The highest BCUT2D eigenvalue weighted by atomic mass is 32.2. The highest BCUT2D eigenvalue weighted by Crippen LogP contribution is 2.26. The maximum Gasteiger partial charge on any atom is 0.243 e. The first-order chi connectivity index (χ1) is 17.6. The highest BCUT2D eigenvalue weighted by Gasteiger charge is 2.30. The van der Waals surface area contributed by atoms with E-state index in [1.165, 1.54) is 30.5 Å². The minimum atomic E-state index is -4.17. The Balaban J connectivity index is 1.53. The zero-order valence-electron chi connectivity index (χ0n) is 20.5. The normalized spacial score (nSPS) is 18.5. The molecule has 2 N–H and O–H groups in total. The molecule has 0 unspecified atom stereocenters. The number of hydrogen-bond donors (Lipinski definition) is 2. The lowest BCUT2D eigenvalue weighted by Crippen LogP contribution is -2.41. The summed E-state index contributed by atoms with van der Waals surface area (Å²) in [6, 6.07) is 16.9. The third-order valence-electron chi connectivity index (χ3n) is 6.48. The summed E-state index contributed by atoms with van der Waals surface area (Å²) in [5, 5.41) is 2.68. The zero-order chi connectivity index (χ0) is 26.5. The van der Waals surface area contributed by atoms with Crippen LogP contribution in [0.25, 0.3) is 0 Å². The zero-order valence-corrected chi connectivity index (χ0v) is 22.2. The SMILES string of the molecule is C[C@@H]1CCCC[C@H]1NS(=O)(=O)c1ccc(S(=O)(=O)N(CC(=O)Nc2ccccc2)Cc2ccco2)cc1. The fraction of sp³-hybridized carbons (Fsp3) is 0.346. The molecule has 0 radical (unpaired) electrons. The van der Waals surface area contributed by atoms with E-state index in [1.807, 2.05) is 6.92 Å². The van der Waals surface area contributed by atoms with Crippen molar-refractivity contribution in [3.63, 3.8) is 0 Å². The van der Waals surface area contributed by atoms with Crippen molar-refractivity contribution in [1.29, 1.82) is 0 Å². The second kappa shape index (κ2) is 11.6. The fourth-order valence-electron chi connectivity index (χ4n) is 4.38. The van der Waals surface area contributed by atoms with Crippen molar-refractivity contribution in [2.45, 2.75) is 55.0 Å². The number of furan rings is 1. The van der Waals surface area contributed by atoms with E-state index in [-0.39, 0.29) is 28.3 Å². The Morgan fingerprint density at radius 1 is 0.919 bits per heavy atom. The molecule has 0 bridgehead atoms. The molecule has 1 fully saturated rings. The van der Waals surface area contributed by atoms with Gasteiger partial charge in [0, 0.05) is 11.7 Å². The van der Waals surface area contributed by atoms with E-state index in [2.05, 4.69) is 10.0 Å². The summed E-state index contributed by atoms with van der Waals surface area (Å²) >= 11 is 0. The van der Waals surface area contributed by atoms with Crippen LogP contribution in [0.5, 0.6) is 0 Å². The second-order valence-corrected chi connectivity index (χ2v) is 12.9. The van der Waals surface area contributed by atoms with E-state index in [1.54, 1.807) is 42.5 Å². The van der Waals surface area contributed by atoms with Crippen LogP contribution >= 0.6 is 0 Å². The molecule has 1 aliphatic carbocycles. The van der Waals surface area contributed by atoms with Crippen LogP contribution in [0.4, 0.5) is 5.69 Å². The summed E-state index contributed by atoms with van der Waals surface area (Å²) in [5.41, 5.74) is 0.539. The maximum absolute atomic E-state index is 13.5. The molecule has 1 aliphatic rings. The molecular formula is C26H31N3O6S2. The molecule has 9 nitrogen and oxygen atoms in total. The molecule has 1 saturated carbocycles. The number of anilines is 1. The average molecular weight is 546 g/mol. The smallest absolute Gasteiger partial charge is 0.243 e. The van der Waals surface area contributed by atoms with Crippen LogP contribution < -0.4 is 10.0 Å². The van der Waals surface area contributed by atoms with Crippen molar-refractivity contribution in [1.82, 2.24) is 9.03 Å². The van der Waals surface area contributed by atoms with E-state index in [4.69, 9.17) is 4.42 Å². The molecule has 1 heterocycles. The summed E-state index contributed by atoms with van der Waals surface area (Å²) < 4.78 is 62.0. The maximum atomic E-state index is 13.5. The third kappa shape index (κ3) is 6.86. The monoisotopic (exact) mass is 545 g/mol. The number of carbonyl (C=O) groups is 1. The minimum Gasteiger partial charge on any atom is -0.468 e. The Bertz CT molecular complexity index is 1390. The number of nitrogens with zero attached hydrogens (tertiary/aromatic N) is 1. The minimum absolute atomic E-state index is 0.0105. The van der Waals surface area contributed by atoms with Gasteiger partial charge in [-0.15, -0.1) is 0 Å². The second-order valence-electron chi connectivity index (χ2n) is 9.23. The number of sulfonamides is 2. The van der Waals surface area contributed by atoms with Gasteiger partial charge >= 0.3 is 0 Å². The molecule has 2 aromatic carbocycles. The molecule has 1 amide bonds. The Labute approximate surface area is 218 Å². The predicted octanol–water partition coefficient (Wildman–Crippen LogP) is 3.97. The molecule has 0 saturated heterocycles. The van der Waals surface area contributed by atoms with Gasteiger partial charge in [-0.1, -0.05) is 38.0 Å². The van der Waals surface area contributed by atoms with Crippen molar-refractivity contribution in [2.24, 2.45) is 5.92 Å². The van der Waals surface area contributed by atoms with Gasteiger partial charge in [0.2, 0.25) is 26.0 Å². The standard InChI is InChI=1S/C26H31N3O6S2/c1-20-8-5-6-12-25(20)28-36(31,32)23-13-15-24(16-14-23)37(33,34)29(18-22-11-7-17-35-22)19-26(30)27-21-9-3-2-4-10-21/h2-4,7,9-11,13-17,20,25,28H,5-6,8,12,18-19H2,1H3,(H,27,30)/t20-,25-/m1/s1. The van der Waals surface area contributed by atoms with Crippen molar-refractivity contribution < 1.29 is 26.0 Å². The van der Waals surface area contributed by atoms with Crippen LogP contribution in [0.2, 0.25) is 0 Å². The summed E-state index contributed by atoms with van der Waals surface area (Å²) in [6.45, 7) is 1.40. The highest BCUT2D eigenvalue weighted by molar-refractivity contribution is 7.89. The van der Waals surface area contributed by atoms with Crippen molar-refractivity contribution in [3.8, 4) is 0 Å². The number of para-hydroxylation sites is 1. The van der Waals surface area contributed by atoms with Crippen LogP contribution in [-0.2, 0) is 31.4 Å². The van der Waals surface area contributed by atoms with Gasteiger partial charge < -0.3 is 9.73 Å². The molecule has 2 atom stereocenters. The molecule has 198 valence electrons. The first-order valence-electron chi connectivity index (χ1n) is 12.1. The molecule has 1 aromatic heterocycles. The van der Waals surface area contributed by atoms with Crippen molar-refractivity contribution in [2.75, 3.05) is 11.9 Å². The third-order valence-corrected chi connectivity index (χ3v) is 9.79. The molecule has 0 aliphatic heterocycles. The van der Waals surface area contributed by atoms with Crippen LogP contribution in [0.15, 0.2) is 87.2 Å². The van der Waals surface area contributed by atoms with Crippen LogP contribution in [0.1, 0.15) is 38.4 Å². The molecule has 0 spiro atoms. The first kappa shape index (κ1) is 27.1. The summed E-state index contributed by atoms with van der Waals surface area (Å²) in [6.07, 6.45) is 5.22. The van der Waals surface area contributed by atoms with Gasteiger partial charge in [-0.05, 0) is 67.3 Å². The lowest BCUT2D eigenvalue weighted by Gasteiger charge is -2.29. The van der Waals surface area contributed by atoms with E-state index in [9.17, 15) is 21.6 Å². The number of nitrogens with one attached hydrogen (secondary N) is 2. The first-order valence-corrected chi connectivity index (χ1v) is 15.1. The van der Waals surface area contributed by atoms with Crippen LogP contribution in [0.3, 0.4) is 0 Å². The number of rotatable bonds is 10. The van der Waals surface area contributed by atoms with E-state index < -0.39 is 32.5 Å². The summed E-state index contributed by atoms with van der Waals surface area (Å²) in [7, 11) is -7.97. The summed E-state index contributed by atoms with van der Waals surface area (Å²) in [5.74, 6) is 0.0767. The molecule has 37 heavy (non-hydrogen) atoms. The Morgan fingerprint density at radius 3 is 2.24 bits per heavy atom. The topological polar surface area (TPSA) is 126 Å². The van der Waals surface area contributed by atoms with Gasteiger partial charge in [0.25, 0.3) is 0 Å². The van der Waals surface area contributed by atoms with Gasteiger partial charge in [-0.3, -0.25) is 4.79 Å². The molecule has 11 heteroatoms. The van der Waals surface area contributed by atoms with Gasteiger partial charge in [0.1, 0.15) is 5.76 Å². The van der Waals surface area contributed by atoms with Gasteiger partial charge in [-0.25, -0.2) is 21.6 Å². The fourth-order valence-corrected chi connectivity index (χ4v) is 7.12. The largest absolute Gasteiger partial charge is 0.468 e. The van der Waals surface area contributed by atoms with E-state index >= 15 is 0 Å².